The van der Waals surface area contributed by atoms with E-state index < -0.39 is 34.7 Å². The second-order valence-electron chi connectivity index (χ2n) is 7.19. The van der Waals surface area contributed by atoms with E-state index in [2.05, 4.69) is 10.2 Å². The van der Waals surface area contributed by atoms with E-state index in [9.17, 15) is 22.9 Å². The topological polar surface area (TPSA) is 80.6 Å². The summed E-state index contributed by atoms with van der Waals surface area (Å²) in [6.07, 6.45) is -1.90. The fourth-order valence-electron chi connectivity index (χ4n) is 3.77. The fraction of sp³-hybridized carbons (Fsp3) is 0.647. The number of fused-ring (bicyclic) bond motifs is 1. The SMILES string of the molecule is C[C@H]1COC2(CCN(C3=NC(=O)C4=CC(C(F)(F)F)=CC(N=O)C4S3)CC2)O1. The molecule has 4 rings (SSSR count). The molecule has 28 heavy (non-hydrogen) atoms. The zero-order valence-electron chi connectivity index (χ0n) is 14.9. The first-order valence-corrected chi connectivity index (χ1v) is 9.78. The minimum absolute atomic E-state index is 0.0264. The number of halogens is 3. The molecule has 1 spiro atoms. The summed E-state index contributed by atoms with van der Waals surface area (Å²) in [5.41, 5.74) is -1.18. The lowest BCUT2D eigenvalue weighted by atomic mass is 9.94. The van der Waals surface area contributed by atoms with Crippen LogP contribution < -0.4 is 0 Å². The first-order valence-electron chi connectivity index (χ1n) is 8.90. The van der Waals surface area contributed by atoms with Crippen LogP contribution in [0.1, 0.15) is 19.8 Å². The molecule has 0 aromatic carbocycles. The summed E-state index contributed by atoms with van der Waals surface area (Å²) in [6, 6.07) is -1.28. The summed E-state index contributed by atoms with van der Waals surface area (Å²) in [7, 11) is 0. The molecule has 0 saturated carbocycles. The molecule has 0 bridgehead atoms. The number of carbonyl (C=O) groups excluding carboxylic acids is 1. The molecule has 0 N–H and O–H groups in total. The Kier molecular flexibility index (Phi) is 4.87. The van der Waals surface area contributed by atoms with Gasteiger partial charge in [-0.05, 0) is 19.1 Å². The largest absolute Gasteiger partial charge is 0.416 e. The number of nitroso groups, excluding NO2 is 1. The molecular formula is C17H18F3N3O4S. The third kappa shape index (κ3) is 3.50. The first kappa shape index (κ1) is 19.6. The molecule has 2 saturated heterocycles. The van der Waals surface area contributed by atoms with Crippen molar-refractivity contribution in [3.8, 4) is 0 Å². The van der Waals surface area contributed by atoms with Gasteiger partial charge < -0.3 is 14.4 Å². The van der Waals surface area contributed by atoms with E-state index >= 15 is 0 Å². The molecule has 4 aliphatic rings. The lowest BCUT2D eigenvalue weighted by Gasteiger charge is -2.40. The molecule has 0 aromatic rings. The number of hydrogen-bond donors (Lipinski definition) is 0. The minimum Gasteiger partial charge on any atom is -0.351 e. The molecule has 1 aliphatic carbocycles. The van der Waals surface area contributed by atoms with Crippen molar-refractivity contribution in [3.63, 3.8) is 0 Å². The van der Waals surface area contributed by atoms with Crippen LogP contribution in [0.4, 0.5) is 13.2 Å². The highest BCUT2D eigenvalue weighted by atomic mass is 32.2. The van der Waals surface area contributed by atoms with Crippen molar-refractivity contribution >= 4 is 22.8 Å². The Morgan fingerprint density at radius 1 is 1.36 bits per heavy atom. The average Bonchev–Trinajstić information content (AvgIpc) is 3.01. The maximum absolute atomic E-state index is 13.0. The van der Waals surface area contributed by atoms with Gasteiger partial charge in [-0.1, -0.05) is 16.9 Å². The second kappa shape index (κ2) is 6.96. The van der Waals surface area contributed by atoms with Crippen LogP contribution in [0.5, 0.6) is 0 Å². The second-order valence-corrected chi connectivity index (χ2v) is 8.30. The first-order chi connectivity index (χ1) is 13.2. The number of amidine groups is 1. The van der Waals surface area contributed by atoms with E-state index in [4.69, 9.17) is 9.47 Å². The molecule has 3 atom stereocenters. The van der Waals surface area contributed by atoms with E-state index in [0.717, 1.165) is 23.9 Å². The molecule has 0 aromatic heterocycles. The zero-order chi connectivity index (χ0) is 20.1. The summed E-state index contributed by atoms with van der Waals surface area (Å²) >= 11 is 1.10. The number of piperidine rings is 1. The van der Waals surface area contributed by atoms with Crippen molar-refractivity contribution in [1.82, 2.24) is 4.90 Å². The van der Waals surface area contributed by atoms with Gasteiger partial charge in [0, 0.05) is 31.5 Å². The number of likely N-dealkylation sites (tertiary alicyclic amines) is 1. The quantitative estimate of drug-likeness (QED) is 0.611. The number of alkyl halides is 3. The standard InChI is InChI=1S/C17H18F3N3O4S/c1-9-8-26-16(27-9)2-4-23(5-3-16)15-21-14(24)11-6-10(17(18,19)20)7-12(22-25)13(11)28-15/h6-7,9,12-13H,2-5,8H2,1H3/t9-,12?,13?/m0/s1. The molecule has 0 radical (unpaired) electrons. The Morgan fingerprint density at radius 2 is 2.07 bits per heavy atom. The Labute approximate surface area is 163 Å². The average molecular weight is 417 g/mol. The highest BCUT2D eigenvalue weighted by Gasteiger charge is 2.46. The number of carbonyl (C=O) groups is 1. The molecule has 11 heteroatoms. The Bertz CT molecular complexity index is 787. The maximum atomic E-state index is 13.0. The number of thioether (sulfide) groups is 1. The highest BCUT2D eigenvalue weighted by molar-refractivity contribution is 8.14. The van der Waals surface area contributed by atoms with Crippen molar-refractivity contribution in [2.45, 2.75) is 49.1 Å². The smallest absolute Gasteiger partial charge is 0.351 e. The Morgan fingerprint density at radius 3 is 2.64 bits per heavy atom. The van der Waals surface area contributed by atoms with Crippen LogP contribution in [0.15, 0.2) is 33.5 Å². The van der Waals surface area contributed by atoms with Crippen molar-refractivity contribution < 1.29 is 27.4 Å². The molecule has 3 heterocycles. The van der Waals surface area contributed by atoms with Gasteiger partial charge in [0.1, 0.15) is 6.04 Å². The third-order valence-corrected chi connectivity index (χ3v) is 6.54. The number of nitrogens with zero attached hydrogens (tertiary/aromatic N) is 3. The number of amides is 1. The van der Waals surface area contributed by atoms with Crippen molar-refractivity contribution in [2.24, 2.45) is 10.2 Å². The van der Waals surface area contributed by atoms with Crippen LogP contribution in [0, 0.1) is 4.91 Å². The summed E-state index contributed by atoms with van der Waals surface area (Å²) < 4.78 is 50.7. The molecule has 7 nitrogen and oxygen atoms in total. The summed E-state index contributed by atoms with van der Waals surface area (Å²) in [5.74, 6) is -1.38. The van der Waals surface area contributed by atoms with Gasteiger partial charge in [-0.3, -0.25) is 4.79 Å². The molecule has 3 aliphatic heterocycles. The summed E-state index contributed by atoms with van der Waals surface area (Å²) in [6.45, 7) is 3.53. The van der Waals surface area contributed by atoms with Gasteiger partial charge in [0.15, 0.2) is 11.0 Å². The molecule has 2 fully saturated rings. The van der Waals surface area contributed by atoms with Crippen molar-refractivity contribution in [1.29, 1.82) is 0 Å². The maximum Gasteiger partial charge on any atom is 0.416 e. The highest BCUT2D eigenvalue weighted by Crippen LogP contribution is 2.42. The lowest BCUT2D eigenvalue weighted by Crippen LogP contribution is -2.48. The van der Waals surface area contributed by atoms with Crippen molar-refractivity contribution in [3.05, 3.63) is 28.2 Å². The molecule has 152 valence electrons. The van der Waals surface area contributed by atoms with Gasteiger partial charge in [-0.15, -0.1) is 0 Å². The predicted octanol–water partition coefficient (Wildman–Crippen LogP) is 2.78. The van der Waals surface area contributed by atoms with E-state index in [1.54, 1.807) is 0 Å². The zero-order valence-corrected chi connectivity index (χ0v) is 15.8. The van der Waals surface area contributed by atoms with Crippen LogP contribution in [-0.4, -0.2) is 65.0 Å². The van der Waals surface area contributed by atoms with E-state index in [1.165, 1.54) is 0 Å². The van der Waals surface area contributed by atoms with Crippen LogP contribution in [0.25, 0.3) is 0 Å². The van der Waals surface area contributed by atoms with Gasteiger partial charge in [0.2, 0.25) is 0 Å². The molecular weight excluding hydrogens is 399 g/mol. The Hall–Kier alpha value is -1.72. The van der Waals surface area contributed by atoms with E-state index in [0.29, 0.717) is 37.7 Å². The predicted molar refractivity (Wildman–Crippen MR) is 95.7 cm³/mol. The van der Waals surface area contributed by atoms with E-state index in [-0.39, 0.29) is 11.7 Å². The minimum atomic E-state index is -4.66. The summed E-state index contributed by atoms with van der Waals surface area (Å²) in [5, 5.41) is 2.41. The lowest BCUT2D eigenvalue weighted by molar-refractivity contribution is -0.188. The number of allylic oxidation sites excluding steroid dienone is 2. The van der Waals surface area contributed by atoms with Crippen LogP contribution in [-0.2, 0) is 14.3 Å². The normalized spacial score (nSPS) is 32.6. The van der Waals surface area contributed by atoms with Crippen LogP contribution in [0.2, 0.25) is 0 Å². The van der Waals surface area contributed by atoms with Gasteiger partial charge in [0.05, 0.1) is 23.5 Å². The number of aliphatic imine (C=N–C) groups is 1. The fourth-order valence-corrected chi connectivity index (χ4v) is 5.03. The monoisotopic (exact) mass is 417 g/mol. The Balaban J connectivity index is 1.52. The van der Waals surface area contributed by atoms with Gasteiger partial charge in [-0.25, -0.2) is 0 Å². The van der Waals surface area contributed by atoms with Gasteiger partial charge >= 0.3 is 6.18 Å². The van der Waals surface area contributed by atoms with Crippen LogP contribution >= 0.6 is 11.8 Å². The van der Waals surface area contributed by atoms with Gasteiger partial charge in [-0.2, -0.15) is 23.1 Å². The van der Waals surface area contributed by atoms with Crippen molar-refractivity contribution in [2.75, 3.05) is 19.7 Å². The third-order valence-electron chi connectivity index (χ3n) is 5.20. The van der Waals surface area contributed by atoms with Crippen LogP contribution in [0.3, 0.4) is 0 Å². The molecule has 1 amide bonds. The summed E-state index contributed by atoms with van der Waals surface area (Å²) in [4.78, 5) is 29.5. The van der Waals surface area contributed by atoms with Gasteiger partial charge in [0.25, 0.3) is 5.91 Å². The number of rotatable bonds is 1. The number of hydrogen-bond acceptors (Lipinski definition) is 7. The molecule has 2 unspecified atom stereocenters. The van der Waals surface area contributed by atoms with E-state index in [1.807, 2.05) is 11.8 Å². The number of ether oxygens (including phenoxy) is 2.